The Morgan fingerprint density at radius 2 is 2.28 bits per heavy atom. The van der Waals surface area contributed by atoms with Crippen LogP contribution in [0.15, 0.2) is 42.1 Å². The molecular formula is C13H18N2O2S. The van der Waals surface area contributed by atoms with Crippen molar-refractivity contribution >= 4 is 21.5 Å². The molecule has 0 bridgehead atoms. The third-order valence-corrected chi connectivity index (χ3v) is 4.15. The fourth-order valence-electron chi connectivity index (χ4n) is 1.61. The smallest absolute Gasteiger partial charge is 0.141 e. The average Bonchev–Trinajstić information content (AvgIpc) is 2.42. The van der Waals surface area contributed by atoms with E-state index in [0.717, 1.165) is 11.3 Å². The van der Waals surface area contributed by atoms with Crippen LogP contribution in [0.5, 0.6) is 0 Å². The van der Waals surface area contributed by atoms with Crippen LogP contribution >= 0.6 is 0 Å². The molecule has 4 nitrogen and oxygen atoms in total. The van der Waals surface area contributed by atoms with Crippen molar-refractivity contribution in [2.45, 2.75) is 19.1 Å². The lowest BCUT2D eigenvalue weighted by Gasteiger charge is -2.16. The molecule has 2 atom stereocenters. The molecule has 0 saturated carbocycles. The number of rotatable bonds is 5. The molecule has 0 fully saturated rings. The fourth-order valence-corrected chi connectivity index (χ4v) is 2.63. The summed E-state index contributed by atoms with van der Waals surface area (Å²) in [6, 6.07) is 7.65. The van der Waals surface area contributed by atoms with Crippen LogP contribution in [0.25, 0.3) is 0 Å². The fraction of sp³-hybridized carbons (Fsp3) is 0.308. The zero-order chi connectivity index (χ0) is 13.5. The van der Waals surface area contributed by atoms with Crippen LogP contribution in [-0.2, 0) is 10.8 Å². The zero-order valence-corrected chi connectivity index (χ0v) is 11.4. The van der Waals surface area contributed by atoms with Crippen molar-refractivity contribution in [3.8, 4) is 0 Å². The van der Waals surface area contributed by atoms with E-state index < -0.39 is 10.8 Å². The Bertz CT molecular complexity index is 472. The SMILES string of the molecule is C=CCNc1ccccc1C(C)S(=O)C(C)=NO. The molecule has 0 aliphatic carbocycles. The van der Waals surface area contributed by atoms with Gasteiger partial charge >= 0.3 is 0 Å². The second kappa shape index (κ2) is 6.96. The normalized spacial score (nSPS) is 14.9. The molecule has 1 aromatic rings. The van der Waals surface area contributed by atoms with Crippen LogP contribution in [-0.4, -0.2) is 21.0 Å². The van der Waals surface area contributed by atoms with Gasteiger partial charge < -0.3 is 10.5 Å². The molecule has 0 heterocycles. The lowest BCUT2D eigenvalue weighted by molar-refractivity contribution is 0.320. The topological polar surface area (TPSA) is 61.7 Å². The molecular weight excluding hydrogens is 248 g/mol. The van der Waals surface area contributed by atoms with Gasteiger partial charge in [0.2, 0.25) is 0 Å². The van der Waals surface area contributed by atoms with Crippen molar-refractivity contribution in [2.75, 3.05) is 11.9 Å². The summed E-state index contributed by atoms with van der Waals surface area (Å²) in [5, 5.41) is 14.9. The second-order valence-corrected chi connectivity index (χ2v) is 5.71. The van der Waals surface area contributed by atoms with Crippen LogP contribution < -0.4 is 5.32 Å². The first-order chi connectivity index (χ1) is 8.61. The third-order valence-electron chi connectivity index (χ3n) is 2.59. The van der Waals surface area contributed by atoms with Gasteiger partial charge in [-0.15, -0.1) is 6.58 Å². The van der Waals surface area contributed by atoms with Crippen molar-refractivity contribution in [3.05, 3.63) is 42.5 Å². The number of nitrogens with one attached hydrogen (secondary N) is 1. The maximum atomic E-state index is 12.1. The highest BCUT2D eigenvalue weighted by Crippen LogP contribution is 2.27. The van der Waals surface area contributed by atoms with E-state index in [0.29, 0.717) is 6.54 Å². The summed E-state index contributed by atoms with van der Waals surface area (Å²) in [6.07, 6.45) is 1.76. The van der Waals surface area contributed by atoms with Crippen LogP contribution in [0.3, 0.4) is 0 Å². The molecule has 1 aromatic carbocycles. The molecule has 0 radical (unpaired) electrons. The van der Waals surface area contributed by atoms with Gasteiger partial charge in [0, 0.05) is 12.2 Å². The molecule has 18 heavy (non-hydrogen) atoms. The molecule has 1 rings (SSSR count). The standard InChI is InChI=1S/C13H18N2O2S/c1-4-9-14-13-8-6-5-7-12(13)10(2)18(17)11(3)15-16/h4-8,10,14,16H,1,9H2,2-3H3. The lowest BCUT2D eigenvalue weighted by Crippen LogP contribution is -2.13. The van der Waals surface area contributed by atoms with E-state index in [-0.39, 0.29) is 10.3 Å². The summed E-state index contributed by atoms with van der Waals surface area (Å²) >= 11 is 0. The van der Waals surface area contributed by atoms with Crippen LogP contribution in [0.4, 0.5) is 5.69 Å². The molecule has 98 valence electrons. The Hall–Kier alpha value is -1.62. The number of nitrogens with zero attached hydrogens (tertiary/aromatic N) is 1. The summed E-state index contributed by atoms with van der Waals surface area (Å²) in [6.45, 7) is 7.69. The first-order valence-electron chi connectivity index (χ1n) is 5.64. The van der Waals surface area contributed by atoms with Crippen molar-refractivity contribution in [2.24, 2.45) is 5.16 Å². The predicted octanol–water partition coefficient (Wildman–Crippen LogP) is 2.90. The van der Waals surface area contributed by atoms with E-state index in [4.69, 9.17) is 5.21 Å². The Balaban J connectivity index is 3.01. The van der Waals surface area contributed by atoms with Gasteiger partial charge in [0.05, 0.1) is 16.0 Å². The average molecular weight is 266 g/mol. The number of para-hydroxylation sites is 1. The first kappa shape index (κ1) is 14.4. The van der Waals surface area contributed by atoms with Crippen LogP contribution in [0.2, 0.25) is 0 Å². The number of benzene rings is 1. The molecule has 0 aliphatic rings. The minimum Gasteiger partial charge on any atom is -0.410 e. The van der Waals surface area contributed by atoms with E-state index in [1.54, 1.807) is 13.0 Å². The number of anilines is 1. The Morgan fingerprint density at radius 1 is 1.61 bits per heavy atom. The Kier molecular flexibility index (Phi) is 5.58. The largest absolute Gasteiger partial charge is 0.410 e. The van der Waals surface area contributed by atoms with Gasteiger partial charge in [0.15, 0.2) is 0 Å². The van der Waals surface area contributed by atoms with Crippen molar-refractivity contribution in [3.63, 3.8) is 0 Å². The molecule has 0 spiro atoms. The van der Waals surface area contributed by atoms with E-state index in [1.807, 2.05) is 31.2 Å². The number of hydrogen-bond acceptors (Lipinski definition) is 4. The summed E-state index contributed by atoms with van der Waals surface area (Å²) in [5.74, 6) is 0. The quantitative estimate of drug-likeness (QED) is 0.283. The first-order valence-corrected chi connectivity index (χ1v) is 6.86. The van der Waals surface area contributed by atoms with Gasteiger partial charge in [-0.1, -0.05) is 29.4 Å². The molecule has 2 unspecified atom stereocenters. The monoisotopic (exact) mass is 266 g/mol. The minimum absolute atomic E-state index is 0.223. The highest BCUT2D eigenvalue weighted by atomic mass is 32.2. The van der Waals surface area contributed by atoms with Gasteiger partial charge in [0.1, 0.15) is 5.04 Å². The van der Waals surface area contributed by atoms with Gasteiger partial charge in [-0.2, -0.15) is 0 Å². The molecule has 5 heteroatoms. The summed E-state index contributed by atoms with van der Waals surface area (Å²) < 4.78 is 12.1. The van der Waals surface area contributed by atoms with Crippen LogP contribution in [0, 0.1) is 0 Å². The summed E-state index contributed by atoms with van der Waals surface area (Å²) in [5.41, 5.74) is 1.85. The van der Waals surface area contributed by atoms with Crippen molar-refractivity contribution in [1.29, 1.82) is 0 Å². The van der Waals surface area contributed by atoms with E-state index >= 15 is 0 Å². The zero-order valence-electron chi connectivity index (χ0n) is 10.6. The lowest BCUT2D eigenvalue weighted by atomic mass is 10.1. The second-order valence-electron chi connectivity index (χ2n) is 3.82. The maximum Gasteiger partial charge on any atom is 0.141 e. The number of hydrogen-bond donors (Lipinski definition) is 2. The van der Waals surface area contributed by atoms with E-state index in [1.165, 1.54) is 0 Å². The molecule has 0 saturated heterocycles. The number of oxime groups is 1. The van der Waals surface area contributed by atoms with Crippen molar-refractivity contribution in [1.82, 2.24) is 0 Å². The highest BCUT2D eigenvalue weighted by molar-refractivity contribution is 8.00. The van der Waals surface area contributed by atoms with Gasteiger partial charge in [-0.25, -0.2) is 0 Å². The molecule has 2 N–H and O–H groups in total. The Labute approximate surface area is 110 Å². The van der Waals surface area contributed by atoms with Gasteiger partial charge in [-0.3, -0.25) is 4.21 Å². The predicted molar refractivity (Wildman–Crippen MR) is 76.6 cm³/mol. The maximum absolute atomic E-state index is 12.1. The molecule has 0 aliphatic heterocycles. The summed E-state index contributed by atoms with van der Waals surface area (Å²) in [7, 11) is -1.34. The molecule has 0 amide bonds. The van der Waals surface area contributed by atoms with Crippen LogP contribution in [0.1, 0.15) is 24.7 Å². The van der Waals surface area contributed by atoms with E-state index in [2.05, 4.69) is 17.1 Å². The minimum atomic E-state index is -1.34. The highest BCUT2D eigenvalue weighted by Gasteiger charge is 2.19. The van der Waals surface area contributed by atoms with Gasteiger partial charge in [-0.05, 0) is 25.5 Å². The Morgan fingerprint density at radius 3 is 2.89 bits per heavy atom. The van der Waals surface area contributed by atoms with Crippen molar-refractivity contribution < 1.29 is 9.42 Å². The van der Waals surface area contributed by atoms with E-state index in [9.17, 15) is 4.21 Å². The van der Waals surface area contributed by atoms with Gasteiger partial charge in [0.25, 0.3) is 0 Å². The third kappa shape index (κ3) is 3.43. The summed E-state index contributed by atoms with van der Waals surface area (Å²) in [4.78, 5) is 0. The molecule has 0 aromatic heterocycles.